The first kappa shape index (κ1) is 18.1. The van der Waals surface area contributed by atoms with Crippen LogP contribution in [0.5, 0.6) is 0 Å². The summed E-state index contributed by atoms with van der Waals surface area (Å²) in [6, 6.07) is 12.5. The topological polar surface area (TPSA) is 114 Å². The van der Waals surface area contributed by atoms with Gasteiger partial charge in [-0.1, -0.05) is 37.3 Å². The van der Waals surface area contributed by atoms with E-state index >= 15 is 0 Å². The lowest BCUT2D eigenvalue weighted by atomic mass is 10.1. The van der Waals surface area contributed by atoms with Crippen molar-refractivity contribution in [3.63, 3.8) is 0 Å². The highest BCUT2D eigenvalue weighted by atomic mass is 16.6. The highest BCUT2D eigenvalue weighted by Crippen LogP contribution is 2.31. The fraction of sp³-hybridized carbons (Fsp3) is 0.158. The maximum absolute atomic E-state index is 12.7. The molecular formula is C19H17N3O5. The zero-order valence-electron chi connectivity index (χ0n) is 14.5. The van der Waals surface area contributed by atoms with Crippen LogP contribution in [0.4, 0.5) is 11.5 Å². The second-order valence-corrected chi connectivity index (χ2v) is 5.93. The minimum absolute atomic E-state index is 0.0361. The number of carboxylic acids is 1. The van der Waals surface area contributed by atoms with Crippen molar-refractivity contribution in [3.05, 3.63) is 69.8 Å². The van der Waals surface area contributed by atoms with Gasteiger partial charge in [0.25, 0.3) is 11.6 Å². The molecule has 0 saturated carbocycles. The highest BCUT2D eigenvalue weighted by Gasteiger charge is 2.26. The molecule has 1 aromatic heterocycles. The van der Waals surface area contributed by atoms with Crippen LogP contribution in [0.1, 0.15) is 34.1 Å². The van der Waals surface area contributed by atoms with Gasteiger partial charge in [0, 0.05) is 18.0 Å². The summed E-state index contributed by atoms with van der Waals surface area (Å²) in [4.78, 5) is 35.1. The van der Waals surface area contributed by atoms with Crippen molar-refractivity contribution in [2.45, 2.75) is 19.9 Å². The van der Waals surface area contributed by atoms with Crippen LogP contribution in [0.3, 0.4) is 0 Å². The maximum atomic E-state index is 12.7. The number of hydrogen-bond acceptors (Lipinski definition) is 4. The Morgan fingerprint density at radius 2 is 1.81 bits per heavy atom. The summed E-state index contributed by atoms with van der Waals surface area (Å²) in [7, 11) is 0. The summed E-state index contributed by atoms with van der Waals surface area (Å²) in [5.41, 5.74) is 0.165. The van der Waals surface area contributed by atoms with Crippen LogP contribution in [0, 0.1) is 10.1 Å². The summed E-state index contributed by atoms with van der Waals surface area (Å²) in [6.45, 7) is 2.42. The lowest BCUT2D eigenvalue weighted by Gasteiger charge is -2.12. The monoisotopic (exact) mass is 367 g/mol. The van der Waals surface area contributed by atoms with Crippen molar-refractivity contribution in [2.75, 3.05) is 5.32 Å². The minimum Gasteiger partial charge on any atom is -0.478 e. The number of aromatic carboxylic acids is 1. The van der Waals surface area contributed by atoms with Crippen LogP contribution < -0.4 is 5.32 Å². The van der Waals surface area contributed by atoms with Gasteiger partial charge in [0.15, 0.2) is 0 Å². The van der Waals surface area contributed by atoms with E-state index < -0.39 is 16.8 Å². The van der Waals surface area contributed by atoms with Gasteiger partial charge in [-0.25, -0.2) is 4.79 Å². The number of anilines is 1. The average Bonchev–Trinajstić information content (AvgIpc) is 2.95. The minimum atomic E-state index is -1.18. The van der Waals surface area contributed by atoms with Crippen LogP contribution >= 0.6 is 0 Å². The van der Waals surface area contributed by atoms with E-state index in [0.717, 1.165) is 0 Å². The van der Waals surface area contributed by atoms with Gasteiger partial charge in [-0.15, -0.1) is 0 Å². The Balaban J connectivity index is 2.16. The average molecular weight is 367 g/mol. The smallest absolute Gasteiger partial charge is 0.340 e. The van der Waals surface area contributed by atoms with Crippen LogP contribution in [0.2, 0.25) is 0 Å². The molecule has 0 unspecified atom stereocenters. The number of nitro groups is 1. The first-order chi connectivity index (χ1) is 13.0. The van der Waals surface area contributed by atoms with Crippen molar-refractivity contribution < 1.29 is 19.6 Å². The Labute approximate surface area is 154 Å². The predicted molar refractivity (Wildman–Crippen MR) is 100 cm³/mol. The third-order valence-electron chi connectivity index (χ3n) is 4.21. The summed E-state index contributed by atoms with van der Waals surface area (Å²) in [5.74, 6) is -1.79. The number of fused-ring (bicyclic) bond motifs is 1. The van der Waals surface area contributed by atoms with Gasteiger partial charge in [0.2, 0.25) is 0 Å². The molecule has 2 N–H and O–H groups in total. The zero-order chi connectivity index (χ0) is 19.6. The van der Waals surface area contributed by atoms with E-state index in [9.17, 15) is 24.8 Å². The molecule has 138 valence electrons. The van der Waals surface area contributed by atoms with Gasteiger partial charge < -0.3 is 15.0 Å². The van der Waals surface area contributed by atoms with Crippen molar-refractivity contribution in [2.24, 2.45) is 0 Å². The quantitative estimate of drug-likeness (QED) is 0.506. The van der Waals surface area contributed by atoms with E-state index in [1.807, 2.05) is 6.92 Å². The van der Waals surface area contributed by atoms with E-state index in [0.29, 0.717) is 23.9 Å². The molecule has 27 heavy (non-hydrogen) atoms. The molecule has 0 fully saturated rings. The molecule has 0 radical (unpaired) electrons. The summed E-state index contributed by atoms with van der Waals surface area (Å²) >= 11 is 0. The molecule has 3 rings (SSSR count). The number of benzene rings is 2. The number of carbonyl (C=O) groups excluding carboxylic acids is 1. The van der Waals surface area contributed by atoms with Gasteiger partial charge in [0.1, 0.15) is 16.9 Å². The Bertz CT molecular complexity index is 1050. The molecule has 0 aliphatic heterocycles. The van der Waals surface area contributed by atoms with Crippen LogP contribution in [-0.4, -0.2) is 26.5 Å². The molecule has 1 amide bonds. The first-order valence-electron chi connectivity index (χ1n) is 8.35. The molecule has 2 aromatic carbocycles. The number of aromatic nitrogens is 1. The van der Waals surface area contributed by atoms with Gasteiger partial charge in [0.05, 0.1) is 10.4 Å². The van der Waals surface area contributed by atoms with Crippen molar-refractivity contribution in [1.82, 2.24) is 4.57 Å². The van der Waals surface area contributed by atoms with Crippen molar-refractivity contribution in [3.8, 4) is 0 Å². The predicted octanol–water partition coefficient (Wildman–Crippen LogP) is 3.91. The van der Waals surface area contributed by atoms with Gasteiger partial charge >= 0.3 is 5.97 Å². The Hall–Kier alpha value is -3.68. The molecule has 0 saturated heterocycles. The number of rotatable bonds is 6. The third-order valence-corrected chi connectivity index (χ3v) is 4.21. The molecule has 0 spiro atoms. The highest BCUT2D eigenvalue weighted by molar-refractivity contribution is 6.14. The molecule has 3 aromatic rings. The number of hydrogen-bond donors (Lipinski definition) is 2. The molecule has 0 bridgehead atoms. The number of nitro benzene ring substituents is 1. The van der Waals surface area contributed by atoms with E-state index in [2.05, 4.69) is 5.32 Å². The van der Waals surface area contributed by atoms with E-state index in [1.165, 1.54) is 24.3 Å². The number of carboxylic acid groups (broad SMARTS) is 1. The first-order valence-corrected chi connectivity index (χ1v) is 8.35. The summed E-state index contributed by atoms with van der Waals surface area (Å²) in [6.07, 6.45) is 0.714. The number of nitrogens with one attached hydrogen (secondary N) is 1. The van der Waals surface area contributed by atoms with E-state index in [1.54, 1.807) is 28.8 Å². The number of para-hydroxylation sites is 2. The lowest BCUT2D eigenvalue weighted by Crippen LogP contribution is -2.18. The van der Waals surface area contributed by atoms with Gasteiger partial charge in [-0.3, -0.25) is 14.9 Å². The Morgan fingerprint density at radius 3 is 2.48 bits per heavy atom. The van der Waals surface area contributed by atoms with Crippen LogP contribution in [0.25, 0.3) is 10.9 Å². The van der Waals surface area contributed by atoms with Crippen molar-refractivity contribution >= 4 is 34.3 Å². The molecule has 8 heteroatoms. The van der Waals surface area contributed by atoms with Crippen molar-refractivity contribution in [1.29, 1.82) is 0 Å². The van der Waals surface area contributed by atoms with Gasteiger partial charge in [-0.05, 0) is 18.6 Å². The molecule has 0 aliphatic rings. The van der Waals surface area contributed by atoms with E-state index in [4.69, 9.17) is 0 Å². The Morgan fingerprint density at radius 1 is 1.15 bits per heavy atom. The second-order valence-electron chi connectivity index (χ2n) is 5.93. The molecule has 1 heterocycles. The number of nitrogens with zero attached hydrogens (tertiary/aromatic N) is 2. The largest absolute Gasteiger partial charge is 0.478 e. The molecule has 0 atom stereocenters. The fourth-order valence-electron chi connectivity index (χ4n) is 3.11. The molecular weight excluding hydrogens is 350 g/mol. The molecule has 0 aliphatic carbocycles. The third kappa shape index (κ3) is 3.24. The fourth-order valence-corrected chi connectivity index (χ4v) is 3.11. The second kappa shape index (κ2) is 7.28. The maximum Gasteiger partial charge on any atom is 0.340 e. The van der Waals surface area contributed by atoms with Crippen LogP contribution in [-0.2, 0) is 6.54 Å². The normalized spacial score (nSPS) is 10.7. The summed E-state index contributed by atoms with van der Waals surface area (Å²) in [5, 5.41) is 24.0. The van der Waals surface area contributed by atoms with Crippen LogP contribution in [0.15, 0.2) is 48.5 Å². The zero-order valence-corrected chi connectivity index (χ0v) is 14.5. The standard InChI is InChI=1S/C19H17N3O5/c1-2-11-21-14-9-5-3-7-12(14)16(19(24)25)17(21)20-18(23)13-8-4-6-10-15(13)22(26)27/h3-10H,2,11H2,1H3,(H,20,23)(H,24,25). The number of amides is 1. The van der Waals surface area contributed by atoms with Gasteiger partial charge in [-0.2, -0.15) is 0 Å². The Kier molecular flexibility index (Phi) is 4.89. The summed E-state index contributed by atoms with van der Waals surface area (Å²) < 4.78 is 1.71. The number of carbonyl (C=O) groups is 2. The number of aryl methyl sites for hydroxylation is 1. The molecule has 8 nitrogen and oxygen atoms in total. The SMILES string of the molecule is CCCn1c(NC(=O)c2ccccc2[N+](=O)[O-])c(C(=O)O)c2ccccc21. The van der Waals surface area contributed by atoms with E-state index in [-0.39, 0.29) is 22.6 Å². The lowest BCUT2D eigenvalue weighted by molar-refractivity contribution is -0.385.